The van der Waals surface area contributed by atoms with Crippen molar-refractivity contribution in [3.8, 4) is 5.75 Å². The molecule has 5 nitrogen and oxygen atoms in total. The number of anilines is 1. The number of aliphatic hydroxyl groups is 1. The number of nitrogen functional groups attached to an aromatic ring is 1. The van der Waals surface area contributed by atoms with Crippen LogP contribution in [0, 0.1) is 12.8 Å². The lowest BCUT2D eigenvalue weighted by Gasteiger charge is -2.38. The summed E-state index contributed by atoms with van der Waals surface area (Å²) in [4.78, 5) is 14.4. The summed E-state index contributed by atoms with van der Waals surface area (Å²) in [5.41, 5.74) is 8.95. The predicted molar refractivity (Wildman–Crippen MR) is 139 cm³/mol. The summed E-state index contributed by atoms with van der Waals surface area (Å²) in [5.74, 6) is 0.123. The monoisotopic (exact) mass is 483 g/mol. The Morgan fingerprint density at radius 2 is 1.79 bits per heavy atom. The first-order valence-corrected chi connectivity index (χ1v) is 12.6. The van der Waals surface area contributed by atoms with Crippen LogP contribution in [0.3, 0.4) is 0 Å². The molecule has 0 fully saturated rings. The van der Waals surface area contributed by atoms with Crippen LogP contribution in [0.5, 0.6) is 5.75 Å². The molecule has 6 heteroatoms. The minimum absolute atomic E-state index is 0.0851. The van der Waals surface area contributed by atoms with Gasteiger partial charge in [0.25, 0.3) is 0 Å². The highest BCUT2D eigenvalue weighted by Gasteiger charge is 2.42. The van der Waals surface area contributed by atoms with Gasteiger partial charge in [0.2, 0.25) is 0 Å². The highest BCUT2D eigenvalue weighted by atomic mass is 32.2. The molecule has 0 amide bonds. The third-order valence-electron chi connectivity index (χ3n) is 6.22. The number of ether oxygens (including phenoxy) is 1. The van der Waals surface area contributed by atoms with E-state index in [2.05, 4.69) is 34.6 Å². The maximum Gasteiger partial charge on any atom is 0.349 e. The molecule has 0 spiro atoms. The number of aryl methyl sites for hydroxylation is 2. The first-order valence-electron chi connectivity index (χ1n) is 11.8. The summed E-state index contributed by atoms with van der Waals surface area (Å²) in [7, 11) is 0. The predicted octanol–water partition coefficient (Wildman–Crippen LogP) is 6.81. The van der Waals surface area contributed by atoms with Gasteiger partial charge in [-0.25, -0.2) is 4.79 Å². The summed E-state index contributed by atoms with van der Waals surface area (Å²) < 4.78 is 6.11. The van der Waals surface area contributed by atoms with Crippen LogP contribution < -0.4 is 5.73 Å². The van der Waals surface area contributed by atoms with Gasteiger partial charge in [-0.3, -0.25) is 0 Å². The quantitative estimate of drug-likeness (QED) is 0.296. The molecule has 184 valence electrons. The van der Waals surface area contributed by atoms with E-state index in [9.17, 15) is 15.0 Å². The van der Waals surface area contributed by atoms with Crippen LogP contribution in [-0.4, -0.2) is 21.8 Å². The fraction of sp³-hybridized carbons (Fsp3) is 0.464. The van der Waals surface area contributed by atoms with E-state index in [1.807, 2.05) is 31.2 Å². The number of aromatic hydroxyl groups is 1. The number of carbonyl (C=O) groups excluding carboxylic acids is 1. The molecular weight excluding hydrogens is 446 g/mol. The van der Waals surface area contributed by atoms with Gasteiger partial charge in [-0.15, -0.1) is 0 Å². The Labute approximate surface area is 207 Å². The van der Waals surface area contributed by atoms with Gasteiger partial charge in [-0.05, 0) is 78.5 Å². The van der Waals surface area contributed by atoms with Crippen molar-refractivity contribution in [1.29, 1.82) is 0 Å². The summed E-state index contributed by atoms with van der Waals surface area (Å²) in [6.07, 6.45) is 2.22. The van der Waals surface area contributed by atoms with Crippen molar-refractivity contribution in [3.05, 3.63) is 63.8 Å². The zero-order chi connectivity index (χ0) is 25.3. The average molecular weight is 484 g/mol. The lowest BCUT2D eigenvalue weighted by atomic mass is 9.82. The Bertz CT molecular complexity index is 1080. The summed E-state index contributed by atoms with van der Waals surface area (Å²) in [5, 5.41) is 20.6. The first-order chi connectivity index (χ1) is 15.8. The molecule has 3 rings (SSSR count). The topological polar surface area (TPSA) is 92.8 Å². The van der Waals surface area contributed by atoms with Crippen molar-refractivity contribution < 1.29 is 19.7 Å². The number of aliphatic hydroxyl groups excluding tert-OH is 1. The summed E-state index contributed by atoms with van der Waals surface area (Å²) in [6.45, 7) is 12.4. The second kappa shape index (κ2) is 9.95. The number of thioether (sulfide) groups is 1. The highest BCUT2D eigenvalue weighted by molar-refractivity contribution is 8.04. The molecule has 0 radical (unpaired) electrons. The van der Waals surface area contributed by atoms with Crippen LogP contribution in [0.25, 0.3) is 0 Å². The maximum absolute atomic E-state index is 13.3. The molecule has 0 aliphatic carbocycles. The van der Waals surface area contributed by atoms with Crippen LogP contribution in [0.1, 0.15) is 70.6 Å². The van der Waals surface area contributed by atoms with Crippen molar-refractivity contribution in [1.82, 2.24) is 0 Å². The number of phenolic OH excluding ortho intramolecular Hbond substituents is 1. The van der Waals surface area contributed by atoms with Gasteiger partial charge in [0.1, 0.15) is 22.0 Å². The Morgan fingerprint density at radius 1 is 1.15 bits per heavy atom. The van der Waals surface area contributed by atoms with Gasteiger partial charge in [-0.2, -0.15) is 0 Å². The Kier molecular flexibility index (Phi) is 7.61. The van der Waals surface area contributed by atoms with E-state index >= 15 is 0 Å². The fourth-order valence-corrected chi connectivity index (χ4v) is 5.74. The highest BCUT2D eigenvalue weighted by Crippen LogP contribution is 2.45. The number of rotatable bonds is 7. The van der Waals surface area contributed by atoms with Gasteiger partial charge < -0.3 is 20.7 Å². The molecule has 1 aliphatic rings. The number of hydrogen-bond acceptors (Lipinski definition) is 6. The Morgan fingerprint density at radius 3 is 2.35 bits per heavy atom. The van der Waals surface area contributed by atoms with Gasteiger partial charge >= 0.3 is 5.97 Å². The molecule has 1 heterocycles. The van der Waals surface area contributed by atoms with E-state index in [1.165, 1.54) is 11.8 Å². The second-order valence-electron chi connectivity index (χ2n) is 10.8. The van der Waals surface area contributed by atoms with Crippen molar-refractivity contribution in [3.63, 3.8) is 0 Å². The number of esters is 1. The van der Waals surface area contributed by atoms with E-state index in [0.717, 1.165) is 21.6 Å². The van der Waals surface area contributed by atoms with E-state index in [1.54, 1.807) is 12.1 Å². The molecule has 0 saturated carbocycles. The smallest absolute Gasteiger partial charge is 0.349 e. The minimum atomic E-state index is -0.763. The molecule has 2 aromatic carbocycles. The van der Waals surface area contributed by atoms with Crippen molar-refractivity contribution in [2.24, 2.45) is 5.92 Å². The molecule has 0 aromatic heterocycles. The van der Waals surface area contributed by atoms with Crippen molar-refractivity contribution >= 4 is 23.4 Å². The van der Waals surface area contributed by atoms with Gasteiger partial charge in [0.05, 0.1) is 0 Å². The maximum atomic E-state index is 13.3. The minimum Gasteiger partial charge on any atom is -0.511 e. The van der Waals surface area contributed by atoms with Crippen LogP contribution >= 0.6 is 11.8 Å². The van der Waals surface area contributed by atoms with E-state index in [4.69, 9.17) is 10.5 Å². The van der Waals surface area contributed by atoms with Crippen LogP contribution in [0.2, 0.25) is 0 Å². The zero-order valence-corrected chi connectivity index (χ0v) is 21.9. The van der Waals surface area contributed by atoms with Crippen molar-refractivity contribution in [2.75, 3.05) is 5.73 Å². The molecule has 2 aromatic rings. The van der Waals surface area contributed by atoms with E-state index in [0.29, 0.717) is 30.9 Å². The molecule has 1 atom stereocenters. The van der Waals surface area contributed by atoms with Crippen LogP contribution in [-0.2, 0) is 21.4 Å². The first kappa shape index (κ1) is 26.0. The number of hydrogen-bond donors (Lipinski definition) is 3. The molecule has 1 unspecified atom stereocenters. The number of carbonyl (C=O) groups is 1. The summed E-state index contributed by atoms with van der Waals surface area (Å²) >= 11 is 1.26. The number of cyclic esters (lactones) is 1. The Hall–Kier alpha value is -2.60. The third kappa shape index (κ3) is 6.09. The molecule has 4 N–H and O–H groups in total. The summed E-state index contributed by atoms with van der Waals surface area (Å²) in [6, 6.07) is 11.0. The zero-order valence-electron chi connectivity index (χ0n) is 21.1. The Balaban J connectivity index is 1.91. The van der Waals surface area contributed by atoms with Gasteiger partial charge in [-0.1, -0.05) is 58.5 Å². The number of nitrogens with two attached hydrogens (primary N) is 1. The standard InChI is InChI=1S/C28H37NO4S/c1-17(2)15-28(12-11-19-7-9-20(30)10-8-19)16-23(31)25(26(32)33-28)34-24-13-18(3)22(29)14-21(24)27(4,5)6/h7-10,13-14,17,30-31H,11-12,15-16,29H2,1-6H3. The number of benzene rings is 2. The lowest BCUT2D eigenvalue weighted by Crippen LogP contribution is -2.41. The van der Waals surface area contributed by atoms with Crippen molar-refractivity contribution in [2.45, 2.75) is 83.1 Å². The average Bonchev–Trinajstić information content (AvgIpc) is 2.71. The molecule has 1 aliphatic heterocycles. The molecule has 0 saturated heterocycles. The molecular formula is C28H37NO4S. The molecule has 34 heavy (non-hydrogen) atoms. The largest absolute Gasteiger partial charge is 0.511 e. The van der Waals surface area contributed by atoms with Gasteiger partial charge in [0, 0.05) is 17.0 Å². The third-order valence-corrected chi connectivity index (χ3v) is 7.38. The molecule has 0 bridgehead atoms. The van der Waals surface area contributed by atoms with Crippen LogP contribution in [0.15, 0.2) is 52.0 Å². The number of phenols is 1. The fourth-order valence-electron chi connectivity index (χ4n) is 4.50. The second-order valence-corrected chi connectivity index (χ2v) is 11.9. The van der Waals surface area contributed by atoms with Crippen LogP contribution in [0.4, 0.5) is 5.69 Å². The van der Waals surface area contributed by atoms with Gasteiger partial charge in [0.15, 0.2) is 0 Å². The normalized spacial score (nSPS) is 19.0. The van der Waals surface area contributed by atoms with E-state index < -0.39 is 11.6 Å². The lowest BCUT2D eigenvalue weighted by molar-refractivity contribution is -0.160. The SMILES string of the molecule is Cc1cc(SC2=C(O)CC(CCc3ccc(O)cc3)(CC(C)C)OC2=O)c(C(C)(C)C)cc1N. The van der Waals surface area contributed by atoms with E-state index in [-0.39, 0.29) is 28.2 Å².